The predicted octanol–water partition coefficient (Wildman–Crippen LogP) is 5.56. The van der Waals surface area contributed by atoms with Crippen LogP contribution in [0.15, 0.2) is 95.4 Å². The minimum absolute atomic E-state index is 0.0515. The predicted molar refractivity (Wildman–Crippen MR) is 116 cm³/mol. The van der Waals surface area contributed by atoms with E-state index in [4.69, 9.17) is 16.0 Å². The fraction of sp³-hybridized carbons (Fsp3) is 0. The van der Waals surface area contributed by atoms with Gasteiger partial charge in [-0.15, -0.1) is 0 Å². The molecule has 0 atom stereocenters. The van der Waals surface area contributed by atoms with Crippen molar-refractivity contribution in [2.24, 2.45) is 0 Å². The van der Waals surface area contributed by atoms with Crippen molar-refractivity contribution in [2.45, 2.75) is 0 Å². The molecule has 0 aliphatic rings. The zero-order chi connectivity index (χ0) is 18.2. The number of benzene rings is 4. The van der Waals surface area contributed by atoms with Gasteiger partial charge in [-0.25, -0.2) is 0 Å². The molecule has 0 bridgehead atoms. The van der Waals surface area contributed by atoms with Gasteiger partial charge in [0.25, 0.3) is 0 Å². The summed E-state index contributed by atoms with van der Waals surface area (Å²) in [5.74, 6) is 0. The van der Waals surface area contributed by atoms with E-state index in [-0.39, 0.29) is 15.0 Å². The van der Waals surface area contributed by atoms with Gasteiger partial charge in [0.05, 0.1) is 0 Å². The van der Waals surface area contributed by atoms with E-state index in [1.54, 1.807) is 0 Å². The van der Waals surface area contributed by atoms with E-state index in [2.05, 4.69) is 66.7 Å². The van der Waals surface area contributed by atoms with Gasteiger partial charge in [0.1, 0.15) is 0 Å². The Morgan fingerprint density at radius 1 is 0.704 bits per heavy atom. The summed E-state index contributed by atoms with van der Waals surface area (Å²) < 4.78 is 8.68. The normalized spacial score (nSPS) is 11.3. The molecule has 4 aromatic carbocycles. The second-order valence-corrected chi connectivity index (χ2v) is 8.92. The van der Waals surface area contributed by atoms with Crippen LogP contribution in [0.25, 0.3) is 32.9 Å². The van der Waals surface area contributed by atoms with E-state index >= 15 is 0 Å². The van der Waals surface area contributed by atoms with Crippen LogP contribution >= 0.6 is 11.6 Å². The fourth-order valence-corrected chi connectivity index (χ4v) is 5.65. The monoisotopic (exact) mass is 434 g/mol. The second-order valence-electron chi connectivity index (χ2n) is 6.32. The average Bonchev–Trinajstić information content (AvgIpc) is 3.07. The number of fused-ring (bicyclic) bond motifs is 3. The molecule has 130 valence electrons. The average molecular weight is 434 g/mol. The number of rotatable bonds is 3. The molecule has 3 heteroatoms. The molecular formula is C24H15ClOSe. The van der Waals surface area contributed by atoms with Crippen LogP contribution in [0.1, 0.15) is 0 Å². The van der Waals surface area contributed by atoms with Crippen LogP contribution in [0.5, 0.6) is 0 Å². The Bertz CT molecular complexity index is 1260. The molecule has 1 heterocycles. The van der Waals surface area contributed by atoms with Crippen LogP contribution < -0.4 is 9.12 Å². The first kappa shape index (κ1) is 16.6. The Kier molecular flexibility index (Phi) is 4.26. The molecule has 0 saturated heterocycles. The van der Waals surface area contributed by atoms with Gasteiger partial charge in [0.2, 0.25) is 0 Å². The molecule has 0 aliphatic carbocycles. The maximum atomic E-state index is 6.61. The molecule has 0 fully saturated rings. The van der Waals surface area contributed by atoms with E-state index in [1.165, 1.54) is 15.2 Å². The number of furan rings is 1. The Balaban J connectivity index is 1.85. The molecule has 0 N–H and O–H groups in total. The third-order valence-electron chi connectivity index (χ3n) is 4.64. The molecule has 0 unspecified atom stereocenters. The molecule has 1 aromatic heterocycles. The van der Waals surface area contributed by atoms with Crippen LogP contribution in [0, 0.1) is 0 Å². The van der Waals surface area contributed by atoms with E-state index in [0.717, 1.165) is 31.8 Å². The Morgan fingerprint density at radius 2 is 1.44 bits per heavy atom. The first-order valence-electron chi connectivity index (χ1n) is 8.73. The van der Waals surface area contributed by atoms with Crippen LogP contribution in [-0.2, 0) is 0 Å². The first-order valence-corrected chi connectivity index (χ1v) is 10.8. The van der Waals surface area contributed by atoms with Crippen molar-refractivity contribution in [2.75, 3.05) is 0 Å². The van der Waals surface area contributed by atoms with Crippen LogP contribution in [0.2, 0.25) is 5.02 Å². The number of hydrogen-bond acceptors (Lipinski definition) is 1. The van der Waals surface area contributed by atoms with Crippen molar-refractivity contribution in [1.29, 1.82) is 0 Å². The van der Waals surface area contributed by atoms with Gasteiger partial charge in [-0.1, -0.05) is 0 Å². The van der Waals surface area contributed by atoms with E-state index < -0.39 is 0 Å². The minimum atomic E-state index is 0.0515. The fourth-order valence-electron chi connectivity index (χ4n) is 3.42. The van der Waals surface area contributed by atoms with Gasteiger partial charge in [-0.3, -0.25) is 0 Å². The molecule has 0 saturated carbocycles. The van der Waals surface area contributed by atoms with E-state index in [0.29, 0.717) is 0 Å². The first-order chi connectivity index (χ1) is 13.3. The van der Waals surface area contributed by atoms with Gasteiger partial charge in [0.15, 0.2) is 0 Å². The van der Waals surface area contributed by atoms with Crippen LogP contribution in [0.3, 0.4) is 0 Å². The number of hydrogen-bond donors (Lipinski definition) is 0. The topological polar surface area (TPSA) is 13.1 Å². The maximum absolute atomic E-state index is 6.61. The summed E-state index contributed by atoms with van der Waals surface area (Å²) in [5.41, 5.74) is 3.06. The van der Waals surface area contributed by atoms with Crippen molar-refractivity contribution < 1.29 is 4.42 Å². The summed E-state index contributed by atoms with van der Waals surface area (Å²) in [5, 5.41) is 4.30. The van der Waals surface area contributed by atoms with Gasteiger partial charge < -0.3 is 0 Å². The molecule has 5 aromatic rings. The summed E-state index contributed by atoms with van der Waals surface area (Å²) in [6.45, 7) is 0. The molecule has 0 spiro atoms. The van der Waals surface area contributed by atoms with E-state index in [9.17, 15) is 0 Å². The number of halogens is 1. The molecule has 0 radical (unpaired) electrons. The van der Waals surface area contributed by atoms with Crippen molar-refractivity contribution in [1.82, 2.24) is 0 Å². The molecule has 5 rings (SSSR count). The van der Waals surface area contributed by atoms with Gasteiger partial charge in [-0.05, 0) is 0 Å². The molecule has 0 aliphatic heterocycles. The van der Waals surface area contributed by atoms with Gasteiger partial charge in [-0.2, -0.15) is 0 Å². The summed E-state index contributed by atoms with van der Waals surface area (Å²) in [6, 6.07) is 31.2. The zero-order valence-electron chi connectivity index (χ0n) is 14.4. The molecule has 1 nitrogen and oxygen atoms in total. The quantitative estimate of drug-likeness (QED) is 0.339. The molecule has 0 amide bonds. The van der Waals surface area contributed by atoms with Gasteiger partial charge >= 0.3 is 169 Å². The zero-order valence-corrected chi connectivity index (χ0v) is 16.8. The van der Waals surface area contributed by atoms with Crippen molar-refractivity contribution in [3.05, 3.63) is 96.0 Å². The van der Waals surface area contributed by atoms with Gasteiger partial charge in [0, 0.05) is 0 Å². The van der Waals surface area contributed by atoms with Crippen molar-refractivity contribution >= 4 is 57.4 Å². The third-order valence-corrected chi connectivity index (χ3v) is 7.03. The standard InChI is InChI=1S/C24H15ClOSe/c25-20-13-7-6-12-19(20)23-22-18-11-5-4-8-16(18)14-15-21(22)26-24(23)27-17-9-2-1-3-10-17/h1-15H. The Hall–Kier alpha value is -2.51. The summed E-state index contributed by atoms with van der Waals surface area (Å²) in [6.07, 6.45) is 0. The Labute approximate surface area is 168 Å². The van der Waals surface area contributed by atoms with Crippen molar-refractivity contribution in [3.8, 4) is 11.1 Å². The second kappa shape index (κ2) is 6.90. The summed E-state index contributed by atoms with van der Waals surface area (Å²) in [4.78, 5) is 0. The Morgan fingerprint density at radius 3 is 2.30 bits per heavy atom. The molecular weight excluding hydrogens is 419 g/mol. The SMILES string of the molecule is Clc1ccccc1-c1c([Se]c2ccccc2)oc2ccc3ccccc3c12. The third kappa shape index (κ3) is 2.96. The summed E-state index contributed by atoms with van der Waals surface area (Å²) in [7, 11) is 0. The van der Waals surface area contributed by atoms with Crippen molar-refractivity contribution in [3.63, 3.8) is 0 Å². The molecule has 27 heavy (non-hydrogen) atoms. The summed E-state index contributed by atoms with van der Waals surface area (Å²) >= 11 is 6.66. The van der Waals surface area contributed by atoms with Crippen LogP contribution in [-0.4, -0.2) is 15.0 Å². The van der Waals surface area contributed by atoms with E-state index in [1.807, 2.05) is 24.3 Å². The van der Waals surface area contributed by atoms with Crippen LogP contribution in [0.4, 0.5) is 0 Å².